The van der Waals surface area contributed by atoms with Crippen LogP contribution in [0.4, 0.5) is 5.69 Å². The zero-order valence-electron chi connectivity index (χ0n) is 7.00. The molecule has 1 radical (unpaired) electrons. The molecule has 0 N–H and O–H groups in total. The molecule has 0 aromatic heterocycles. The monoisotopic (exact) mass is 160 g/mol. The largest absolute Gasteiger partial charge is 0.315 e. The van der Waals surface area contributed by atoms with Gasteiger partial charge in [0.1, 0.15) is 0 Å². The van der Waals surface area contributed by atoms with Gasteiger partial charge in [0.05, 0.1) is 0 Å². The molecule has 61 valence electrons. The van der Waals surface area contributed by atoms with Crippen LogP contribution >= 0.6 is 0 Å². The maximum Gasteiger partial charge on any atom is 0.227 e. The normalized spacial score (nSPS) is 16.1. The van der Waals surface area contributed by atoms with E-state index in [0.717, 1.165) is 17.7 Å². The zero-order valence-corrected chi connectivity index (χ0v) is 7.00. The molecule has 1 heterocycles. The maximum atomic E-state index is 11.3. The molecule has 2 heteroatoms. The van der Waals surface area contributed by atoms with Gasteiger partial charge in [-0.1, -0.05) is 12.1 Å². The number of nitrogens with zero attached hydrogens (tertiary/aromatic N) is 1. The summed E-state index contributed by atoms with van der Waals surface area (Å²) in [6, 6.07) is 8.91. The predicted molar refractivity (Wildman–Crippen MR) is 47.0 cm³/mol. The number of anilines is 1. The second kappa shape index (κ2) is 2.63. The highest BCUT2D eigenvalue weighted by molar-refractivity contribution is 5.95. The Kier molecular flexibility index (Phi) is 1.61. The van der Waals surface area contributed by atoms with Crippen LogP contribution in [0.5, 0.6) is 0 Å². The summed E-state index contributed by atoms with van der Waals surface area (Å²) in [5.41, 5.74) is 2.16. The van der Waals surface area contributed by atoms with Crippen LogP contribution in [-0.2, 0) is 11.2 Å². The van der Waals surface area contributed by atoms with Gasteiger partial charge >= 0.3 is 0 Å². The van der Waals surface area contributed by atoms with Gasteiger partial charge in [-0.15, -0.1) is 0 Å². The highest BCUT2D eigenvalue weighted by atomic mass is 16.2. The zero-order chi connectivity index (χ0) is 8.55. The lowest BCUT2D eigenvalue weighted by Gasteiger charge is -2.24. The fourth-order valence-electron chi connectivity index (χ4n) is 1.51. The third-order valence-corrected chi connectivity index (χ3v) is 2.24. The molecule has 1 aliphatic rings. The van der Waals surface area contributed by atoms with Crippen molar-refractivity contribution in [1.82, 2.24) is 0 Å². The first-order chi connectivity index (χ1) is 5.79. The van der Waals surface area contributed by atoms with E-state index in [1.165, 1.54) is 0 Å². The van der Waals surface area contributed by atoms with Crippen molar-refractivity contribution in [1.29, 1.82) is 0 Å². The second-order valence-corrected chi connectivity index (χ2v) is 2.99. The van der Waals surface area contributed by atoms with Crippen LogP contribution < -0.4 is 4.90 Å². The van der Waals surface area contributed by atoms with Crippen molar-refractivity contribution in [2.45, 2.75) is 12.8 Å². The number of amides is 1. The number of benzene rings is 1. The molecule has 0 saturated carbocycles. The van der Waals surface area contributed by atoms with E-state index in [1.807, 2.05) is 25.2 Å². The molecule has 0 spiro atoms. The first-order valence-corrected chi connectivity index (χ1v) is 4.05. The molecule has 1 aliphatic heterocycles. The number of rotatable bonds is 0. The first kappa shape index (κ1) is 7.35. The Balaban J connectivity index is 2.48. The maximum absolute atomic E-state index is 11.3. The van der Waals surface area contributed by atoms with Crippen LogP contribution in [0.25, 0.3) is 0 Å². The lowest BCUT2D eigenvalue weighted by Crippen LogP contribution is -2.30. The molecular formula is C10H10NO. The molecular weight excluding hydrogens is 150 g/mol. The highest BCUT2D eigenvalue weighted by Crippen LogP contribution is 2.25. The van der Waals surface area contributed by atoms with Crippen molar-refractivity contribution < 1.29 is 4.79 Å². The molecule has 0 saturated heterocycles. The summed E-state index contributed by atoms with van der Waals surface area (Å²) in [5.74, 6) is 0.196. The van der Waals surface area contributed by atoms with E-state index in [9.17, 15) is 4.79 Å². The minimum Gasteiger partial charge on any atom is -0.315 e. The van der Waals surface area contributed by atoms with E-state index in [1.54, 1.807) is 4.90 Å². The number of aryl methyl sites for hydroxylation is 1. The average Bonchev–Trinajstić information content (AvgIpc) is 2.12. The molecule has 0 bridgehead atoms. The van der Waals surface area contributed by atoms with E-state index < -0.39 is 0 Å². The summed E-state index contributed by atoms with van der Waals surface area (Å²) in [4.78, 5) is 13.0. The molecule has 2 nitrogen and oxygen atoms in total. The summed E-state index contributed by atoms with van der Waals surface area (Å²) in [6.45, 7) is 0. The third kappa shape index (κ3) is 0.998. The third-order valence-electron chi connectivity index (χ3n) is 2.24. The Hall–Kier alpha value is -1.31. The Morgan fingerprint density at radius 1 is 1.50 bits per heavy atom. The van der Waals surface area contributed by atoms with Crippen molar-refractivity contribution in [3.8, 4) is 0 Å². The second-order valence-electron chi connectivity index (χ2n) is 2.99. The van der Waals surface area contributed by atoms with E-state index in [4.69, 9.17) is 0 Å². The van der Waals surface area contributed by atoms with Crippen molar-refractivity contribution >= 4 is 11.6 Å². The molecule has 2 rings (SSSR count). The smallest absolute Gasteiger partial charge is 0.227 e. The number of fused-ring (bicyclic) bond motifs is 1. The number of hydrogen-bond donors (Lipinski definition) is 0. The Bertz CT molecular complexity index is 319. The minimum atomic E-state index is 0.196. The van der Waals surface area contributed by atoms with E-state index in [-0.39, 0.29) is 5.91 Å². The number of carbonyl (C=O) groups is 1. The Morgan fingerprint density at radius 2 is 2.33 bits per heavy atom. The topological polar surface area (TPSA) is 20.3 Å². The highest BCUT2D eigenvalue weighted by Gasteiger charge is 2.19. The molecule has 0 aliphatic carbocycles. The minimum absolute atomic E-state index is 0.196. The van der Waals surface area contributed by atoms with Crippen molar-refractivity contribution in [2.24, 2.45) is 0 Å². The summed E-state index contributed by atoms with van der Waals surface area (Å²) in [5, 5.41) is 0. The van der Waals surface area contributed by atoms with Gasteiger partial charge in [0.15, 0.2) is 0 Å². The SMILES string of the molecule is CN1C(=O)CCc2[c]cccc21. The van der Waals surface area contributed by atoms with Crippen LogP contribution in [0.2, 0.25) is 0 Å². The lowest BCUT2D eigenvalue weighted by molar-refractivity contribution is -0.118. The molecule has 0 atom stereocenters. The van der Waals surface area contributed by atoms with Crippen LogP contribution in [-0.4, -0.2) is 13.0 Å². The van der Waals surface area contributed by atoms with Crippen LogP contribution in [0.15, 0.2) is 18.2 Å². The van der Waals surface area contributed by atoms with Gasteiger partial charge in [0, 0.05) is 19.2 Å². The van der Waals surface area contributed by atoms with E-state index >= 15 is 0 Å². The van der Waals surface area contributed by atoms with Gasteiger partial charge in [0.2, 0.25) is 5.91 Å². The quantitative estimate of drug-likeness (QED) is 0.561. The number of hydrogen-bond acceptors (Lipinski definition) is 1. The van der Waals surface area contributed by atoms with Crippen LogP contribution in [0.3, 0.4) is 0 Å². The van der Waals surface area contributed by atoms with Crippen LogP contribution in [0.1, 0.15) is 12.0 Å². The molecule has 0 unspecified atom stereocenters. The molecule has 0 fully saturated rings. The lowest BCUT2D eigenvalue weighted by atomic mass is 10.0. The average molecular weight is 160 g/mol. The molecule has 1 amide bonds. The van der Waals surface area contributed by atoms with Gasteiger partial charge in [-0.3, -0.25) is 4.79 Å². The van der Waals surface area contributed by atoms with E-state index in [0.29, 0.717) is 6.42 Å². The fraction of sp³-hybridized carbons (Fsp3) is 0.300. The summed E-state index contributed by atoms with van der Waals surface area (Å²) < 4.78 is 0. The van der Waals surface area contributed by atoms with Gasteiger partial charge in [-0.05, 0) is 24.1 Å². The summed E-state index contributed by atoms with van der Waals surface area (Å²) in [7, 11) is 1.81. The summed E-state index contributed by atoms with van der Waals surface area (Å²) >= 11 is 0. The van der Waals surface area contributed by atoms with Gasteiger partial charge in [-0.25, -0.2) is 0 Å². The van der Waals surface area contributed by atoms with Crippen molar-refractivity contribution in [3.63, 3.8) is 0 Å². The van der Waals surface area contributed by atoms with Crippen molar-refractivity contribution in [2.75, 3.05) is 11.9 Å². The molecule has 12 heavy (non-hydrogen) atoms. The first-order valence-electron chi connectivity index (χ1n) is 4.05. The molecule has 1 aromatic carbocycles. The van der Waals surface area contributed by atoms with E-state index in [2.05, 4.69) is 6.07 Å². The fourth-order valence-corrected chi connectivity index (χ4v) is 1.51. The summed E-state index contributed by atoms with van der Waals surface area (Å²) in [6.07, 6.45) is 1.45. The van der Waals surface area contributed by atoms with Gasteiger partial charge in [0.25, 0.3) is 0 Å². The van der Waals surface area contributed by atoms with Crippen molar-refractivity contribution in [3.05, 3.63) is 29.8 Å². The Labute approximate surface area is 71.8 Å². The van der Waals surface area contributed by atoms with Gasteiger partial charge < -0.3 is 4.90 Å². The Morgan fingerprint density at radius 3 is 3.17 bits per heavy atom. The number of carbonyl (C=O) groups excluding carboxylic acids is 1. The molecule has 1 aromatic rings. The standard InChI is InChI=1S/C10H10NO/c1-11-9-5-3-2-4-8(9)6-7-10(11)12/h2-3,5H,6-7H2,1H3. The predicted octanol–water partition coefficient (Wildman–Crippen LogP) is 1.40. The van der Waals surface area contributed by atoms with Crippen LogP contribution in [0, 0.1) is 6.07 Å². The van der Waals surface area contributed by atoms with Gasteiger partial charge in [-0.2, -0.15) is 0 Å².